The highest BCUT2D eigenvalue weighted by Crippen LogP contribution is 2.32. The lowest BCUT2D eigenvalue weighted by Crippen LogP contribution is -2.11. The molecule has 2 aromatic rings. The van der Waals surface area contributed by atoms with Crippen LogP contribution in [0, 0.1) is 0 Å². The zero-order valence-corrected chi connectivity index (χ0v) is 11.7. The van der Waals surface area contributed by atoms with Crippen molar-refractivity contribution in [1.82, 2.24) is 4.98 Å². The van der Waals surface area contributed by atoms with E-state index in [2.05, 4.69) is 4.98 Å². The van der Waals surface area contributed by atoms with Crippen molar-refractivity contribution in [3.8, 4) is 16.3 Å². The largest absolute Gasteiger partial charge is 0.475 e. The first-order chi connectivity index (χ1) is 9.24. The molecule has 2 rings (SSSR count). The zero-order valence-electron chi connectivity index (χ0n) is 10.1. The third-order valence-electron chi connectivity index (χ3n) is 2.39. The van der Waals surface area contributed by atoms with Gasteiger partial charge in [0.05, 0.1) is 0 Å². The summed E-state index contributed by atoms with van der Waals surface area (Å²) in [4.78, 5) is 16.7. The van der Waals surface area contributed by atoms with Crippen molar-refractivity contribution < 1.29 is 9.53 Å². The number of aldehydes is 1. The van der Waals surface area contributed by atoms with Gasteiger partial charge in [-0.3, -0.25) is 0 Å². The van der Waals surface area contributed by atoms with Crippen molar-refractivity contribution in [2.45, 2.75) is 6.42 Å². The van der Waals surface area contributed by atoms with E-state index in [1.165, 1.54) is 0 Å². The Hall–Kier alpha value is -1.43. The monoisotopic (exact) mass is 296 g/mol. The second kappa shape index (κ2) is 6.65. The number of hydrogen-bond donors (Lipinski definition) is 1. The summed E-state index contributed by atoms with van der Waals surface area (Å²) >= 11 is 7.66. The molecule has 0 atom stereocenters. The molecule has 2 aromatic heterocycles. The first-order valence-corrected chi connectivity index (χ1v) is 6.95. The molecule has 2 heterocycles. The minimum Gasteiger partial charge on any atom is -0.475 e. The molecule has 4 nitrogen and oxygen atoms in total. The van der Waals surface area contributed by atoms with Gasteiger partial charge in [0, 0.05) is 34.5 Å². The smallest absolute Gasteiger partial charge is 0.232 e. The summed E-state index contributed by atoms with van der Waals surface area (Å²) in [7, 11) is 0. The molecule has 0 saturated carbocycles. The van der Waals surface area contributed by atoms with Crippen molar-refractivity contribution in [3.63, 3.8) is 0 Å². The Labute approximate surface area is 120 Å². The van der Waals surface area contributed by atoms with Gasteiger partial charge in [0.2, 0.25) is 5.88 Å². The minimum atomic E-state index is 0.383. The summed E-state index contributed by atoms with van der Waals surface area (Å²) in [5, 5.41) is 0.455. The molecule has 6 heteroatoms. The standard InChI is InChI=1S/C13H13ClN2O2S/c14-11-7-9(8-16-13(11)18-6-4-15)12-2-1-10(19-12)3-5-17/h1-2,5,7-8H,3-4,6,15H2. The topological polar surface area (TPSA) is 65.2 Å². The van der Waals surface area contributed by atoms with Crippen LogP contribution < -0.4 is 10.5 Å². The molecule has 0 fully saturated rings. The molecule has 0 saturated heterocycles. The van der Waals surface area contributed by atoms with Gasteiger partial charge in [0.1, 0.15) is 17.9 Å². The van der Waals surface area contributed by atoms with Crippen LogP contribution in [-0.2, 0) is 11.2 Å². The number of carbonyl (C=O) groups excluding carboxylic acids is 1. The van der Waals surface area contributed by atoms with Crippen molar-refractivity contribution >= 4 is 29.2 Å². The number of thiophene rings is 1. The molecule has 0 aliphatic heterocycles. The highest BCUT2D eigenvalue weighted by atomic mass is 35.5. The fourth-order valence-electron chi connectivity index (χ4n) is 1.55. The van der Waals surface area contributed by atoms with Crippen molar-refractivity contribution in [1.29, 1.82) is 0 Å². The van der Waals surface area contributed by atoms with E-state index in [-0.39, 0.29) is 0 Å². The lowest BCUT2D eigenvalue weighted by molar-refractivity contribution is -0.107. The molecule has 19 heavy (non-hydrogen) atoms. The van der Waals surface area contributed by atoms with E-state index in [0.29, 0.717) is 30.5 Å². The van der Waals surface area contributed by atoms with Crippen LogP contribution in [0.3, 0.4) is 0 Å². The zero-order chi connectivity index (χ0) is 13.7. The third kappa shape index (κ3) is 3.53. The highest BCUT2D eigenvalue weighted by Gasteiger charge is 2.08. The first-order valence-electron chi connectivity index (χ1n) is 5.75. The average Bonchev–Trinajstić information content (AvgIpc) is 2.86. The fourth-order valence-corrected chi connectivity index (χ4v) is 2.70. The maximum Gasteiger partial charge on any atom is 0.232 e. The van der Waals surface area contributed by atoms with Crippen LogP contribution in [-0.4, -0.2) is 24.4 Å². The SMILES string of the molecule is NCCOc1ncc(-c2ccc(CC=O)s2)cc1Cl. The quantitative estimate of drug-likeness (QED) is 0.832. The van der Waals surface area contributed by atoms with Crippen molar-refractivity contribution in [3.05, 3.63) is 34.3 Å². The Kier molecular flexibility index (Phi) is 4.90. The van der Waals surface area contributed by atoms with Crippen LogP contribution in [0.5, 0.6) is 5.88 Å². The normalized spacial score (nSPS) is 10.4. The van der Waals surface area contributed by atoms with E-state index >= 15 is 0 Å². The van der Waals surface area contributed by atoms with E-state index in [0.717, 1.165) is 21.6 Å². The van der Waals surface area contributed by atoms with Crippen LogP contribution in [0.25, 0.3) is 10.4 Å². The molecule has 0 unspecified atom stereocenters. The number of halogens is 1. The molecule has 0 aliphatic rings. The van der Waals surface area contributed by atoms with Crippen molar-refractivity contribution in [2.75, 3.05) is 13.2 Å². The number of pyridine rings is 1. The predicted octanol–water partition coefficient (Wildman–Crippen LogP) is 2.54. The summed E-state index contributed by atoms with van der Waals surface area (Å²) in [5.74, 6) is 0.389. The lowest BCUT2D eigenvalue weighted by Gasteiger charge is -2.06. The molecular formula is C13H13ClN2O2S. The Balaban J connectivity index is 2.20. The van der Waals surface area contributed by atoms with Gasteiger partial charge >= 0.3 is 0 Å². The summed E-state index contributed by atoms with van der Waals surface area (Å²) in [6.07, 6.45) is 3.03. The van der Waals surface area contributed by atoms with Crippen LogP contribution in [0.1, 0.15) is 4.88 Å². The summed E-state index contributed by atoms with van der Waals surface area (Å²) in [6.45, 7) is 0.800. The summed E-state index contributed by atoms with van der Waals surface area (Å²) in [6, 6.07) is 5.69. The van der Waals surface area contributed by atoms with Gasteiger partial charge in [-0.25, -0.2) is 4.98 Å². The molecule has 0 aliphatic carbocycles. The molecule has 2 N–H and O–H groups in total. The Morgan fingerprint density at radius 2 is 2.32 bits per heavy atom. The van der Waals surface area contributed by atoms with E-state index in [9.17, 15) is 4.79 Å². The molecule has 0 amide bonds. The van der Waals surface area contributed by atoms with E-state index in [1.54, 1.807) is 23.6 Å². The number of rotatable bonds is 6. The Morgan fingerprint density at radius 3 is 3.00 bits per heavy atom. The number of ether oxygens (including phenoxy) is 1. The number of nitrogens with two attached hydrogens (primary N) is 1. The molecule has 0 bridgehead atoms. The average molecular weight is 297 g/mol. The first kappa shape index (κ1) is 14.0. The molecule has 0 spiro atoms. The van der Waals surface area contributed by atoms with E-state index < -0.39 is 0 Å². The maximum atomic E-state index is 10.5. The molecular weight excluding hydrogens is 284 g/mol. The second-order valence-electron chi connectivity index (χ2n) is 3.78. The highest BCUT2D eigenvalue weighted by molar-refractivity contribution is 7.15. The lowest BCUT2D eigenvalue weighted by atomic mass is 10.2. The number of nitrogens with zero attached hydrogens (tertiary/aromatic N) is 1. The van der Waals surface area contributed by atoms with E-state index in [1.807, 2.05) is 12.1 Å². The van der Waals surface area contributed by atoms with E-state index in [4.69, 9.17) is 22.1 Å². The van der Waals surface area contributed by atoms with Gasteiger partial charge in [0.25, 0.3) is 0 Å². The Bertz CT molecular complexity index is 572. The molecule has 100 valence electrons. The van der Waals surface area contributed by atoms with Gasteiger partial charge in [0.15, 0.2) is 0 Å². The van der Waals surface area contributed by atoms with Crippen LogP contribution in [0.15, 0.2) is 24.4 Å². The fraction of sp³-hybridized carbons (Fsp3) is 0.231. The van der Waals surface area contributed by atoms with Gasteiger partial charge in [-0.05, 0) is 18.2 Å². The van der Waals surface area contributed by atoms with Gasteiger partial charge < -0.3 is 15.3 Å². The van der Waals surface area contributed by atoms with Crippen molar-refractivity contribution in [2.24, 2.45) is 5.73 Å². The van der Waals surface area contributed by atoms with Gasteiger partial charge in [-0.1, -0.05) is 11.6 Å². The number of aromatic nitrogens is 1. The molecule has 0 radical (unpaired) electrons. The summed E-state index contributed by atoms with van der Waals surface area (Å²) in [5.41, 5.74) is 6.27. The predicted molar refractivity (Wildman–Crippen MR) is 76.9 cm³/mol. The van der Waals surface area contributed by atoms with Crippen LogP contribution >= 0.6 is 22.9 Å². The van der Waals surface area contributed by atoms with Crippen LogP contribution in [0.2, 0.25) is 5.02 Å². The van der Waals surface area contributed by atoms with Gasteiger partial charge in [-0.2, -0.15) is 0 Å². The maximum absolute atomic E-state index is 10.5. The second-order valence-corrected chi connectivity index (χ2v) is 5.36. The summed E-state index contributed by atoms with van der Waals surface area (Å²) < 4.78 is 5.31. The molecule has 0 aromatic carbocycles. The Morgan fingerprint density at radius 1 is 1.47 bits per heavy atom. The number of carbonyl (C=O) groups is 1. The minimum absolute atomic E-state index is 0.383. The number of hydrogen-bond acceptors (Lipinski definition) is 5. The van der Waals surface area contributed by atoms with Gasteiger partial charge in [-0.15, -0.1) is 11.3 Å². The van der Waals surface area contributed by atoms with Crippen LogP contribution in [0.4, 0.5) is 0 Å². The third-order valence-corrected chi connectivity index (χ3v) is 3.82.